The lowest BCUT2D eigenvalue weighted by atomic mass is 9.96. The standard InChI is InChI=1S/C32H38N6O7/c1-19-23(10-7-11-25(19)21-8-5-4-6-9-21)18-44-27-13-12-22(31(35-27)43-3)14-33-15-24-16-38(37-36-24)32-28(34-20(2)40)30(42)29(41)26(17-39)45-32/h4-13,16,26,28-30,32-33,39,41-42H,14-15,17-18H2,1-3H3,(H,34,40)/t26-,28-,29-,30-,32-/m1/s1. The molecule has 5 rings (SSSR count). The molecule has 1 fully saturated rings. The van der Waals surface area contributed by atoms with Gasteiger partial charge in [0.25, 0.3) is 0 Å². The molecule has 2 aromatic carbocycles. The highest BCUT2D eigenvalue weighted by molar-refractivity contribution is 5.73. The molecule has 1 aliphatic rings. The molecule has 13 heteroatoms. The summed E-state index contributed by atoms with van der Waals surface area (Å²) in [6, 6.07) is 19.1. The molecule has 238 valence electrons. The molecule has 0 radical (unpaired) electrons. The number of aliphatic hydroxyl groups is 3. The second-order valence-electron chi connectivity index (χ2n) is 10.8. The molecule has 3 heterocycles. The van der Waals surface area contributed by atoms with E-state index in [0.717, 1.165) is 27.8 Å². The van der Waals surface area contributed by atoms with E-state index >= 15 is 0 Å². The number of rotatable bonds is 12. The summed E-state index contributed by atoms with van der Waals surface area (Å²) in [5, 5.41) is 44.5. The smallest absolute Gasteiger partial charge is 0.220 e. The molecule has 1 aliphatic heterocycles. The minimum absolute atomic E-state index is 0.324. The molecular weight excluding hydrogens is 580 g/mol. The maximum atomic E-state index is 11.7. The van der Waals surface area contributed by atoms with Gasteiger partial charge in [0.15, 0.2) is 6.23 Å². The van der Waals surface area contributed by atoms with Crippen LogP contribution in [0.15, 0.2) is 66.9 Å². The molecule has 13 nitrogen and oxygen atoms in total. The first-order valence-corrected chi connectivity index (χ1v) is 14.6. The molecule has 0 saturated carbocycles. The Labute approximate surface area is 260 Å². The number of hydrogen-bond donors (Lipinski definition) is 5. The molecule has 45 heavy (non-hydrogen) atoms. The van der Waals surface area contributed by atoms with Gasteiger partial charge in [-0.15, -0.1) is 5.10 Å². The Kier molecular flexibility index (Phi) is 10.4. The quantitative estimate of drug-likeness (QED) is 0.156. The SMILES string of the molecule is COc1nc(OCc2cccc(-c3ccccc3)c2C)ccc1CNCc1cn([C@@H]2O[C@H](CO)[C@@H](O)[C@H](O)[C@H]2NC(C)=O)nn1. The highest BCUT2D eigenvalue weighted by atomic mass is 16.5. The lowest BCUT2D eigenvalue weighted by molar-refractivity contribution is -0.219. The number of hydrogen-bond acceptors (Lipinski definition) is 11. The van der Waals surface area contributed by atoms with E-state index in [1.54, 1.807) is 19.4 Å². The number of nitrogens with one attached hydrogen (secondary N) is 2. The molecule has 2 aromatic heterocycles. The van der Waals surface area contributed by atoms with E-state index < -0.39 is 43.1 Å². The molecule has 5 N–H and O–H groups in total. The monoisotopic (exact) mass is 618 g/mol. The Hall–Kier alpha value is -4.40. The van der Waals surface area contributed by atoms with Crippen LogP contribution in [0.4, 0.5) is 0 Å². The molecule has 4 aromatic rings. The summed E-state index contributed by atoms with van der Waals surface area (Å²) in [4.78, 5) is 16.3. The van der Waals surface area contributed by atoms with Crippen LogP contribution in [0.1, 0.15) is 35.5 Å². The summed E-state index contributed by atoms with van der Waals surface area (Å²) in [7, 11) is 1.55. The van der Waals surface area contributed by atoms with Gasteiger partial charge in [0.2, 0.25) is 17.7 Å². The molecule has 1 amide bonds. The van der Waals surface area contributed by atoms with Gasteiger partial charge in [-0.2, -0.15) is 4.98 Å². The first-order chi connectivity index (χ1) is 21.8. The number of amides is 1. The maximum Gasteiger partial charge on any atom is 0.220 e. The zero-order chi connectivity index (χ0) is 31.9. The van der Waals surface area contributed by atoms with Crippen LogP contribution in [0.3, 0.4) is 0 Å². The molecule has 0 aliphatic carbocycles. The number of pyridine rings is 1. The van der Waals surface area contributed by atoms with E-state index in [0.29, 0.717) is 37.2 Å². The fraction of sp³-hybridized carbons (Fsp3) is 0.375. The number of aromatic nitrogens is 4. The predicted molar refractivity (Wildman–Crippen MR) is 163 cm³/mol. The number of methoxy groups -OCH3 is 1. The lowest BCUT2D eigenvalue weighted by Gasteiger charge is -2.42. The van der Waals surface area contributed by atoms with Gasteiger partial charge in [-0.05, 0) is 35.2 Å². The Morgan fingerprint density at radius 2 is 1.82 bits per heavy atom. The van der Waals surface area contributed by atoms with Crippen LogP contribution < -0.4 is 20.1 Å². The van der Waals surface area contributed by atoms with Crippen LogP contribution in [-0.2, 0) is 29.2 Å². The summed E-state index contributed by atoms with van der Waals surface area (Å²) >= 11 is 0. The first-order valence-electron chi connectivity index (χ1n) is 14.6. The lowest BCUT2D eigenvalue weighted by Crippen LogP contribution is -2.62. The van der Waals surface area contributed by atoms with E-state index in [4.69, 9.17) is 14.2 Å². The van der Waals surface area contributed by atoms with E-state index in [1.807, 2.05) is 36.4 Å². The van der Waals surface area contributed by atoms with Gasteiger partial charge in [0.05, 0.1) is 25.6 Å². The van der Waals surface area contributed by atoms with Crippen LogP contribution in [0.5, 0.6) is 11.8 Å². The van der Waals surface area contributed by atoms with E-state index in [1.165, 1.54) is 11.6 Å². The number of carbonyl (C=O) groups is 1. The summed E-state index contributed by atoms with van der Waals surface area (Å²) < 4.78 is 18.7. The predicted octanol–water partition coefficient (Wildman–Crippen LogP) is 1.64. The van der Waals surface area contributed by atoms with Gasteiger partial charge in [-0.3, -0.25) is 4.79 Å². The minimum Gasteiger partial charge on any atom is -0.481 e. The van der Waals surface area contributed by atoms with Gasteiger partial charge in [-0.25, -0.2) is 4.68 Å². The normalized spacial score (nSPS) is 21.3. The average Bonchev–Trinajstić information content (AvgIpc) is 3.52. The number of carbonyl (C=O) groups excluding carboxylic acids is 1. The first kappa shape index (κ1) is 32.0. The van der Waals surface area contributed by atoms with Crippen molar-refractivity contribution in [1.82, 2.24) is 30.6 Å². The van der Waals surface area contributed by atoms with Crippen LogP contribution >= 0.6 is 0 Å². The van der Waals surface area contributed by atoms with E-state index in [2.05, 4.69) is 51.1 Å². The third kappa shape index (κ3) is 7.47. The van der Waals surface area contributed by atoms with E-state index in [9.17, 15) is 20.1 Å². The van der Waals surface area contributed by atoms with E-state index in [-0.39, 0.29) is 0 Å². The summed E-state index contributed by atoms with van der Waals surface area (Å²) in [6.45, 7) is 3.95. The number of benzene rings is 2. The average molecular weight is 619 g/mol. The van der Waals surface area contributed by atoms with Crippen molar-refractivity contribution in [2.75, 3.05) is 13.7 Å². The maximum absolute atomic E-state index is 11.7. The molecule has 0 bridgehead atoms. The second-order valence-corrected chi connectivity index (χ2v) is 10.8. The Balaban J connectivity index is 1.19. The Morgan fingerprint density at radius 3 is 2.56 bits per heavy atom. The number of nitrogens with zero attached hydrogens (tertiary/aromatic N) is 4. The van der Waals surface area contributed by atoms with Crippen molar-refractivity contribution in [2.45, 2.75) is 64.1 Å². The van der Waals surface area contributed by atoms with Crippen LogP contribution in [0.2, 0.25) is 0 Å². The van der Waals surface area contributed by atoms with Crippen molar-refractivity contribution in [3.05, 3.63) is 89.2 Å². The van der Waals surface area contributed by atoms with Gasteiger partial charge < -0.3 is 40.2 Å². The third-order valence-corrected chi connectivity index (χ3v) is 7.72. The zero-order valence-electron chi connectivity index (χ0n) is 25.3. The fourth-order valence-corrected chi connectivity index (χ4v) is 5.32. The topological polar surface area (TPSA) is 173 Å². The Morgan fingerprint density at radius 1 is 1.02 bits per heavy atom. The van der Waals surface area contributed by atoms with Crippen molar-refractivity contribution >= 4 is 5.91 Å². The molecule has 1 saturated heterocycles. The highest BCUT2D eigenvalue weighted by Gasteiger charge is 2.46. The van der Waals surface area contributed by atoms with Gasteiger partial charge in [-0.1, -0.05) is 53.7 Å². The second kappa shape index (κ2) is 14.6. The van der Waals surface area contributed by atoms with Gasteiger partial charge in [0.1, 0.15) is 31.0 Å². The van der Waals surface area contributed by atoms with Crippen molar-refractivity contribution < 1.29 is 34.3 Å². The minimum atomic E-state index is -1.39. The number of ether oxygens (including phenoxy) is 3. The third-order valence-electron chi connectivity index (χ3n) is 7.72. The van der Waals surface area contributed by atoms with Crippen LogP contribution in [0, 0.1) is 6.92 Å². The fourth-order valence-electron chi connectivity index (χ4n) is 5.32. The van der Waals surface area contributed by atoms with Crippen LogP contribution in [-0.4, -0.2) is 79.3 Å². The van der Waals surface area contributed by atoms with Crippen molar-refractivity contribution in [3.8, 4) is 22.9 Å². The zero-order valence-corrected chi connectivity index (χ0v) is 25.3. The summed E-state index contributed by atoms with van der Waals surface area (Å²) in [5.41, 5.74) is 5.89. The highest BCUT2D eigenvalue weighted by Crippen LogP contribution is 2.29. The van der Waals surface area contributed by atoms with Crippen molar-refractivity contribution in [2.24, 2.45) is 0 Å². The van der Waals surface area contributed by atoms with Crippen molar-refractivity contribution in [3.63, 3.8) is 0 Å². The molecule has 0 spiro atoms. The van der Waals surface area contributed by atoms with Crippen LogP contribution in [0.25, 0.3) is 11.1 Å². The molecule has 0 unspecified atom stereocenters. The molecule has 5 atom stereocenters. The molecular formula is C32H38N6O7. The number of aliphatic hydroxyl groups excluding tert-OH is 3. The Bertz CT molecular complexity index is 1580. The summed E-state index contributed by atoms with van der Waals surface area (Å²) in [5.74, 6) is 0.447. The van der Waals surface area contributed by atoms with Gasteiger partial charge >= 0.3 is 0 Å². The summed E-state index contributed by atoms with van der Waals surface area (Å²) in [6.07, 6.45) is -3.22. The van der Waals surface area contributed by atoms with Crippen molar-refractivity contribution in [1.29, 1.82) is 0 Å². The largest absolute Gasteiger partial charge is 0.481 e. The van der Waals surface area contributed by atoms with Gasteiger partial charge in [0, 0.05) is 31.6 Å².